The van der Waals surface area contributed by atoms with Gasteiger partial charge in [0.25, 0.3) is 0 Å². The van der Waals surface area contributed by atoms with Crippen LogP contribution >= 0.6 is 11.6 Å². The van der Waals surface area contributed by atoms with Gasteiger partial charge in [-0.15, -0.1) is 0 Å². The highest BCUT2D eigenvalue weighted by molar-refractivity contribution is 6.30. The van der Waals surface area contributed by atoms with E-state index in [1.807, 2.05) is 18.2 Å². The van der Waals surface area contributed by atoms with Gasteiger partial charge in [0.1, 0.15) is 17.1 Å². The minimum absolute atomic E-state index is 0.000303. The number of aliphatic hydroxyl groups excluding tert-OH is 1. The van der Waals surface area contributed by atoms with Gasteiger partial charge in [-0.3, -0.25) is 4.79 Å². The molecule has 1 aliphatic heterocycles. The first-order valence-electron chi connectivity index (χ1n) is 8.29. The van der Waals surface area contributed by atoms with E-state index >= 15 is 0 Å². The molecular weight excluding hydrogens is 352 g/mol. The van der Waals surface area contributed by atoms with Gasteiger partial charge in [-0.1, -0.05) is 29.8 Å². The third kappa shape index (κ3) is 3.78. The van der Waals surface area contributed by atoms with Crippen LogP contribution in [0.5, 0.6) is 5.75 Å². The molecule has 0 bridgehead atoms. The van der Waals surface area contributed by atoms with Crippen molar-refractivity contribution in [2.75, 3.05) is 0 Å². The smallest absolute Gasteiger partial charge is 0.224 e. The van der Waals surface area contributed by atoms with E-state index in [1.165, 1.54) is 0 Å². The molecule has 3 rings (SSSR count). The minimum Gasteiger partial charge on any atom is -0.505 e. The summed E-state index contributed by atoms with van der Waals surface area (Å²) in [5, 5.41) is 13.9. The topological polar surface area (TPSA) is 84.6 Å². The Labute approximate surface area is 157 Å². The number of nitrogens with one attached hydrogen (secondary N) is 1. The molecule has 2 aromatic rings. The molecule has 1 heterocycles. The molecule has 26 heavy (non-hydrogen) atoms. The van der Waals surface area contributed by atoms with Gasteiger partial charge in [-0.25, -0.2) is 0 Å². The SMILES string of the molecule is CC1(C)Oc2ccc(CC(=O)NCc3ccc(Cl)cc3)cc2C(O)=C1N. The van der Waals surface area contributed by atoms with E-state index in [9.17, 15) is 9.90 Å². The second kappa shape index (κ2) is 6.92. The van der Waals surface area contributed by atoms with Crippen LogP contribution < -0.4 is 15.8 Å². The van der Waals surface area contributed by atoms with E-state index in [-0.39, 0.29) is 23.8 Å². The maximum Gasteiger partial charge on any atom is 0.224 e. The average molecular weight is 373 g/mol. The van der Waals surface area contributed by atoms with Crippen molar-refractivity contribution in [3.8, 4) is 5.75 Å². The number of carbonyl (C=O) groups excluding carboxylic acids is 1. The van der Waals surface area contributed by atoms with Gasteiger partial charge in [-0.05, 0) is 49.2 Å². The second-order valence-electron chi connectivity index (χ2n) is 6.79. The molecule has 2 aromatic carbocycles. The van der Waals surface area contributed by atoms with Crippen LogP contribution in [0.1, 0.15) is 30.5 Å². The molecule has 0 unspecified atom stereocenters. The quantitative estimate of drug-likeness (QED) is 0.766. The molecule has 136 valence electrons. The van der Waals surface area contributed by atoms with E-state index in [1.54, 1.807) is 38.1 Å². The molecule has 1 amide bonds. The summed E-state index contributed by atoms with van der Waals surface area (Å²) in [5.74, 6) is 0.431. The number of carbonyl (C=O) groups is 1. The molecule has 0 saturated carbocycles. The third-order valence-electron chi connectivity index (χ3n) is 4.34. The molecule has 5 nitrogen and oxygen atoms in total. The lowest BCUT2D eigenvalue weighted by atomic mass is 9.95. The summed E-state index contributed by atoms with van der Waals surface area (Å²) in [6.07, 6.45) is 0.192. The normalized spacial score (nSPS) is 15.2. The van der Waals surface area contributed by atoms with Gasteiger partial charge >= 0.3 is 0 Å². The summed E-state index contributed by atoms with van der Waals surface area (Å²) >= 11 is 5.85. The Morgan fingerprint density at radius 1 is 1.19 bits per heavy atom. The highest BCUT2D eigenvalue weighted by Crippen LogP contribution is 2.37. The number of ether oxygens (including phenoxy) is 1. The zero-order valence-corrected chi connectivity index (χ0v) is 15.4. The van der Waals surface area contributed by atoms with Crippen LogP contribution in [0.3, 0.4) is 0 Å². The van der Waals surface area contributed by atoms with Crippen molar-refractivity contribution in [1.82, 2.24) is 5.32 Å². The Morgan fingerprint density at radius 3 is 2.54 bits per heavy atom. The Hall–Kier alpha value is -2.66. The Bertz CT molecular complexity index is 873. The number of rotatable bonds is 4. The molecular formula is C20H21ClN2O3. The Kier molecular flexibility index (Phi) is 4.83. The standard InChI is InChI=1S/C20H21ClN2O3/c1-20(2)19(22)18(25)15-9-13(5-8-16(15)26-20)10-17(24)23-11-12-3-6-14(21)7-4-12/h3-9,25H,10-11,22H2,1-2H3,(H,23,24). The van der Waals surface area contributed by atoms with E-state index in [0.717, 1.165) is 11.1 Å². The number of amides is 1. The Balaban J connectivity index is 1.69. The van der Waals surface area contributed by atoms with Gasteiger partial charge in [-0.2, -0.15) is 0 Å². The lowest BCUT2D eigenvalue weighted by molar-refractivity contribution is -0.120. The van der Waals surface area contributed by atoms with Crippen molar-refractivity contribution in [1.29, 1.82) is 0 Å². The predicted molar refractivity (Wildman–Crippen MR) is 102 cm³/mol. The fraction of sp³-hybridized carbons (Fsp3) is 0.250. The molecule has 0 aromatic heterocycles. The van der Waals surface area contributed by atoms with E-state index in [2.05, 4.69) is 5.32 Å². The van der Waals surface area contributed by atoms with E-state index in [0.29, 0.717) is 22.9 Å². The van der Waals surface area contributed by atoms with E-state index in [4.69, 9.17) is 22.1 Å². The van der Waals surface area contributed by atoms with Crippen LogP contribution in [0.15, 0.2) is 48.2 Å². The molecule has 6 heteroatoms. The van der Waals surface area contributed by atoms with Gasteiger partial charge in [0.2, 0.25) is 5.91 Å². The van der Waals surface area contributed by atoms with Crippen LogP contribution in [0, 0.1) is 0 Å². The number of halogens is 1. The van der Waals surface area contributed by atoms with Crippen molar-refractivity contribution in [3.63, 3.8) is 0 Å². The predicted octanol–water partition coefficient (Wildman–Crippen LogP) is 3.56. The number of nitrogens with two attached hydrogens (primary N) is 1. The highest BCUT2D eigenvalue weighted by Gasteiger charge is 2.33. The third-order valence-corrected chi connectivity index (χ3v) is 4.59. The maximum absolute atomic E-state index is 12.2. The molecule has 1 aliphatic rings. The largest absolute Gasteiger partial charge is 0.505 e. The maximum atomic E-state index is 12.2. The lowest BCUT2D eigenvalue weighted by Gasteiger charge is -2.33. The first kappa shape index (κ1) is 18.1. The zero-order chi connectivity index (χ0) is 18.9. The molecule has 0 spiro atoms. The Morgan fingerprint density at radius 2 is 1.85 bits per heavy atom. The van der Waals surface area contributed by atoms with Crippen LogP contribution in [0.4, 0.5) is 0 Å². The van der Waals surface area contributed by atoms with Gasteiger partial charge < -0.3 is 20.9 Å². The fourth-order valence-corrected chi connectivity index (χ4v) is 2.90. The summed E-state index contributed by atoms with van der Waals surface area (Å²) in [6.45, 7) is 4.01. The first-order valence-corrected chi connectivity index (χ1v) is 8.67. The molecule has 0 aliphatic carbocycles. The number of hydrogen-bond acceptors (Lipinski definition) is 4. The van der Waals surface area contributed by atoms with Crippen LogP contribution in [-0.2, 0) is 17.8 Å². The van der Waals surface area contributed by atoms with Crippen molar-refractivity contribution in [3.05, 3.63) is 69.9 Å². The van der Waals surface area contributed by atoms with Crippen LogP contribution in [0.25, 0.3) is 5.76 Å². The van der Waals surface area contributed by atoms with Crippen molar-refractivity contribution in [2.45, 2.75) is 32.4 Å². The molecule has 0 saturated heterocycles. The average Bonchev–Trinajstić information content (AvgIpc) is 2.60. The van der Waals surface area contributed by atoms with Crippen molar-refractivity contribution in [2.24, 2.45) is 5.73 Å². The second-order valence-corrected chi connectivity index (χ2v) is 7.22. The molecule has 4 N–H and O–H groups in total. The van der Waals surface area contributed by atoms with E-state index < -0.39 is 5.60 Å². The van der Waals surface area contributed by atoms with Crippen LogP contribution in [-0.4, -0.2) is 16.6 Å². The van der Waals surface area contributed by atoms with Crippen molar-refractivity contribution >= 4 is 23.3 Å². The van der Waals surface area contributed by atoms with Crippen LogP contribution in [0.2, 0.25) is 5.02 Å². The van der Waals surface area contributed by atoms with Gasteiger partial charge in [0, 0.05) is 11.6 Å². The monoisotopic (exact) mass is 372 g/mol. The number of benzene rings is 2. The molecule has 0 radical (unpaired) electrons. The van der Waals surface area contributed by atoms with Gasteiger partial charge in [0.05, 0.1) is 17.7 Å². The summed E-state index contributed by atoms with van der Waals surface area (Å²) in [6, 6.07) is 12.6. The number of hydrogen-bond donors (Lipinski definition) is 3. The summed E-state index contributed by atoms with van der Waals surface area (Å²) in [7, 11) is 0. The first-order chi connectivity index (χ1) is 12.3. The summed E-state index contributed by atoms with van der Waals surface area (Å²) in [5.41, 5.74) is 7.70. The van der Waals surface area contributed by atoms with Crippen molar-refractivity contribution < 1.29 is 14.6 Å². The summed E-state index contributed by atoms with van der Waals surface area (Å²) < 4.78 is 5.82. The number of fused-ring (bicyclic) bond motifs is 1. The fourth-order valence-electron chi connectivity index (χ4n) is 2.77. The highest BCUT2D eigenvalue weighted by atomic mass is 35.5. The summed E-state index contributed by atoms with van der Waals surface area (Å²) in [4.78, 5) is 12.2. The lowest BCUT2D eigenvalue weighted by Crippen LogP contribution is -2.38. The zero-order valence-electron chi connectivity index (χ0n) is 14.7. The molecule has 0 fully saturated rings. The van der Waals surface area contributed by atoms with Gasteiger partial charge in [0.15, 0.2) is 0 Å². The molecule has 0 atom stereocenters. The minimum atomic E-state index is -0.769. The number of aliphatic hydroxyl groups is 1.